The predicted molar refractivity (Wildman–Crippen MR) is 77.4 cm³/mol. The minimum Gasteiger partial charge on any atom is -0.258 e. The molecule has 0 aromatic heterocycles. The highest BCUT2D eigenvalue weighted by Gasteiger charge is 2.20. The van der Waals surface area contributed by atoms with E-state index in [1.54, 1.807) is 20.8 Å². The highest BCUT2D eigenvalue weighted by atomic mass is 35.5. The molecule has 1 unspecified atom stereocenters. The van der Waals surface area contributed by atoms with Crippen molar-refractivity contribution in [1.82, 2.24) is 4.72 Å². The second-order valence-electron chi connectivity index (χ2n) is 5.30. The average molecular weight is 306 g/mol. The molecule has 0 saturated heterocycles. The Morgan fingerprint density at radius 2 is 1.84 bits per heavy atom. The van der Waals surface area contributed by atoms with E-state index in [0.29, 0.717) is 6.42 Å². The van der Waals surface area contributed by atoms with E-state index in [2.05, 4.69) is 4.72 Å². The third-order valence-electron chi connectivity index (χ3n) is 2.20. The van der Waals surface area contributed by atoms with Gasteiger partial charge in [-0.25, -0.2) is 0 Å². The van der Waals surface area contributed by atoms with Gasteiger partial charge in [0.05, 0.1) is 12.0 Å². The van der Waals surface area contributed by atoms with Crippen LogP contribution in [0.1, 0.15) is 38.1 Å². The summed E-state index contributed by atoms with van der Waals surface area (Å²) < 4.78 is 30.5. The molecule has 108 valence electrons. The molecular weight excluding hydrogens is 286 g/mol. The van der Waals surface area contributed by atoms with Gasteiger partial charge < -0.3 is 0 Å². The molecule has 1 atom stereocenters. The van der Waals surface area contributed by atoms with Gasteiger partial charge in [-0.05, 0) is 32.8 Å². The van der Waals surface area contributed by atoms with Crippen molar-refractivity contribution in [3.63, 3.8) is 0 Å². The topological polar surface area (TPSA) is 55.4 Å². The monoisotopic (exact) mass is 305 g/mol. The van der Waals surface area contributed by atoms with E-state index in [9.17, 15) is 8.42 Å². The second-order valence-corrected chi connectivity index (χ2v) is 7.17. The van der Waals surface area contributed by atoms with Crippen molar-refractivity contribution >= 4 is 21.9 Å². The number of hydrogen-bond donors (Lipinski definition) is 1. The maximum atomic E-state index is 11.6. The van der Waals surface area contributed by atoms with E-state index in [1.807, 2.05) is 30.3 Å². The zero-order valence-corrected chi connectivity index (χ0v) is 13.0. The summed E-state index contributed by atoms with van der Waals surface area (Å²) in [5.74, 6) is 0. The van der Waals surface area contributed by atoms with Crippen LogP contribution in [0.15, 0.2) is 30.3 Å². The fraction of sp³-hybridized carbons (Fsp3) is 0.538. The fourth-order valence-corrected chi connectivity index (χ4v) is 2.85. The molecule has 0 aliphatic carbocycles. The predicted octanol–water partition coefficient (Wildman–Crippen LogP) is 3.01. The summed E-state index contributed by atoms with van der Waals surface area (Å²) >= 11 is 6.17. The van der Waals surface area contributed by atoms with Crippen LogP contribution in [0.4, 0.5) is 0 Å². The molecule has 0 spiro atoms. The Balaban J connectivity index is 2.42. The Morgan fingerprint density at radius 1 is 1.26 bits per heavy atom. The van der Waals surface area contributed by atoms with Gasteiger partial charge in [0.25, 0.3) is 0 Å². The summed E-state index contributed by atoms with van der Waals surface area (Å²) in [6.07, 6.45) is 0.427. The fourth-order valence-electron chi connectivity index (χ4n) is 1.49. The first kappa shape index (κ1) is 16.4. The summed E-state index contributed by atoms with van der Waals surface area (Å²) in [4.78, 5) is 0. The van der Waals surface area contributed by atoms with Crippen molar-refractivity contribution in [2.45, 2.75) is 38.1 Å². The van der Waals surface area contributed by atoms with Gasteiger partial charge in [-0.15, -0.1) is 11.6 Å². The first-order chi connectivity index (χ1) is 8.70. The van der Waals surface area contributed by atoms with Crippen LogP contribution in [0.2, 0.25) is 0 Å². The molecule has 6 heteroatoms. The molecule has 0 radical (unpaired) electrons. The van der Waals surface area contributed by atoms with E-state index in [4.69, 9.17) is 15.8 Å². The number of halogens is 1. The van der Waals surface area contributed by atoms with Crippen LogP contribution in [0.25, 0.3) is 0 Å². The summed E-state index contributed by atoms with van der Waals surface area (Å²) in [5.41, 5.74) is 0.396. The van der Waals surface area contributed by atoms with Crippen molar-refractivity contribution < 1.29 is 12.6 Å². The molecule has 0 fully saturated rings. The van der Waals surface area contributed by atoms with E-state index in [1.165, 1.54) is 0 Å². The van der Waals surface area contributed by atoms with Crippen LogP contribution in [-0.2, 0) is 14.5 Å². The molecule has 1 N–H and O–H groups in total. The van der Waals surface area contributed by atoms with Gasteiger partial charge in [0.15, 0.2) is 0 Å². The molecule has 1 aromatic rings. The lowest BCUT2D eigenvalue weighted by atomic mass is 10.1. The Hall–Kier alpha value is -0.620. The molecule has 0 amide bonds. The quantitative estimate of drug-likeness (QED) is 0.822. The molecule has 4 nitrogen and oxygen atoms in total. The smallest absolute Gasteiger partial charge is 0.258 e. The third-order valence-corrected chi connectivity index (χ3v) is 4.01. The van der Waals surface area contributed by atoms with Crippen LogP contribution in [0.5, 0.6) is 0 Å². The van der Waals surface area contributed by atoms with E-state index in [0.717, 1.165) is 5.56 Å². The number of hydrogen-bond acceptors (Lipinski definition) is 3. The van der Waals surface area contributed by atoms with E-state index < -0.39 is 15.8 Å². The molecule has 19 heavy (non-hydrogen) atoms. The van der Waals surface area contributed by atoms with Crippen molar-refractivity contribution in [1.29, 1.82) is 0 Å². The van der Waals surface area contributed by atoms with Gasteiger partial charge in [0, 0.05) is 5.54 Å². The van der Waals surface area contributed by atoms with Crippen molar-refractivity contribution in [2.75, 3.05) is 6.61 Å². The highest BCUT2D eigenvalue weighted by Crippen LogP contribution is 2.23. The maximum absolute atomic E-state index is 11.6. The third kappa shape index (κ3) is 6.92. The zero-order chi connectivity index (χ0) is 14.5. The molecule has 0 saturated carbocycles. The lowest BCUT2D eigenvalue weighted by Gasteiger charge is -2.20. The molecule has 0 aliphatic rings. The minimum atomic E-state index is -3.73. The van der Waals surface area contributed by atoms with Crippen LogP contribution < -0.4 is 4.72 Å². The SMILES string of the molecule is CC(C)(C)NS(=O)(=O)OCCC(Cl)c1ccccc1. The lowest BCUT2D eigenvalue weighted by Crippen LogP contribution is -2.41. The minimum absolute atomic E-state index is 0.0501. The molecular formula is C13H20ClNO3S. The average Bonchev–Trinajstić information content (AvgIpc) is 2.26. The molecule has 0 bridgehead atoms. The van der Waals surface area contributed by atoms with Crippen molar-refractivity contribution in [3.05, 3.63) is 35.9 Å². The van der Waals surface area contributed by atoms with Gasteiger partial charge in [-0.2, -0.15) is 13.1 Å². The molecule has 0 heterocycles. The number of alkyl halides is 1. The summed E-state index contributed by atoms with van der Waals surface area (Å²) in [7, 11) is -3.73. The Labute approximate surface area is 120 Å². The largest absolute Gasteiger partial charge is 0.336 e. The summed E-state index contributed by atoms with van der Waals surface area (Å²) in [6, 6.07) is 9.49. The standard InChI is InChI=1S/C13H20ClNO3S/c1-13(2,3)15-19(16,17)18-10-9-12(14)11-7-5-4-6-8-11/h4-8,12,15H,9-10H2,1-3H3. The first-order valence-corrected chi connectivity index (χ1v) is 7.91. The lowest BCUT2D eigenvalue weighted by molar-refractivity contribution is 0.294. The van der Waals surface area contributed by atoms with Crippen LogP contribution in [-0.4, -0.2) is 20.6 Å². The van der Waals surface area contributed by atoms with Gasteiger partial charge in [0.1, 0.15) is 0 Å². The van der Waals surface area contributed by atoms with Crippen LogP contribution in [0, 0.1) is 0 Å². The maximum Gasteiger partial charge on any atom is 0.336 e. The second kappa shape index (κ2) is 6.70. The molecule has 0 aliphatic heterocycles. The molecule has 1 rings (SSSR count). The number of benzene rings is 1. The van der Waals surface area contributed by atoms with Crippen LogP contribution >= 0.6 is 11.6 Å². The Morgan fingerprint density at radius 3 is 2.37 bits per heavy atom. The molecule has 1 aromatic carbocycles. The van der Waals surface area contributed by atoms with Gasteiger partial charge in [0.2, 0.25) is 0 Å². The van der Waals surface area contributed by atoms with Crippen LogP contribution in [0.3, 0.4) is 0 Å². The summed E-state index contributed by atoms with van der Waals surface area (Å²) in [6.45, 7) is 5.31. The number of rotatable bonds is 6. The number of nitrogens with one attached hydrogen (secondary N) is 1. The van der Waals surface area contributed by atoms with Gasteiger partial charge in [-0.3, -0.25) is 4.18 Å². The van der Waals surface area contributed by atoms with E-state index in [-0.39, 0.29) is 12.0 Å². The van der Waals surface area contributed by atoms with Crippen molar-refractivity contribution in [2.24, 2.45) is 0 Å². The summed E-state index contributed by atoms with van der Waals surface area (Å²) in [5, 5.41) is -0.258. The first-order valence-electron chi connectivity index (χ1n) is 6.07. The van der Waals surface area contributed by atoms with Gasteiger partial charge >= 0.3 is 10.3 Å². The van der Waals surface area contributed by atoms with Gasteiger partial charge in [-0.1, -0.05) is 30.3 Å². The highest BCUT2D eigenvalue weighted by molar-refractivity contribution is 7.84. The Kier molecular flexibility index (Phi) is 5.80. The zero-order valence-electron chi connectivity index (χ0n) is 11.4. The van der Waals surface area contributed by atoms with Crippen molar-refractivity contribution in [3.8, 4) is 0 Å². The van der Waals surface area contributed by atoms with E-state index >= 15 is 0 Å². The normalized spacial score (nSPS) is 14.3. The Bertz CT molecular complexity index is 482.